The molecule has 2 N–H and O–H groups in total. The highest BCUT2D eigenvalue weighted by atomic mass is 32.2. The van der Waals surface area contributed by atoms with Gasteiger partial charge in [0.2, 0.25) is 0 Å². The Labute approximate surface area is 140 Å². The molecule has 2 aromatic rings. The van der Waals surface area contributed by atoms with Gasteiger partial charge in [0.05, 0.1) is 12.7 Å². The van der Waals surface area contributed by atoms with Gasteiger partial charge in [-0.3, -0.25) is 4.79 Å². The summed E-state index contributed by atoms with van der Waals surface area (Å²) in [4.78, 5) is 14.6. The van der Waals surface area contributed by atoms with Crippen LogP contribution in [-0.4, -0.2) is 25.3 Å². The fraction of sp³-hybridized carbons (Fsp3) is 0.278. The van der Waals surface area contributed by atoms with Crippen LogP contribution in [0.15, 0.2) is 53.4 Å². The van der Waals surface area contributed by atoms with Gasteiger partial charge in [-0.1, -0.05) is 24.3 Å². The number of likely N-dealkylation sites (N-methyl/N-ethyl adjacent to an activating group) is 1. The van der Waals surface area contributed by atoms with Crippen molar-refractivity contribution in [1.82, 2.24) is 0 Å². The maximum atomic E-state index is 13.6. The highest BCUT2D eigenvalue weighted by molar-refractivity contribution is 7.98. The predicted molar refractivity (Wildman–Crippen MR) is 93.3 cm³/mol. The summed E-state index contributed by atoms with van der Waals surface area (Å²) in [5, 5.41) is 2.66. The van der Waals surface area contributed by atoms with Crippen molar-refractivity contribution in [3.8, 4) is 0 Å². The second-order valence-corrected chi connectivity index (χ2v) is 6.44. The molecule has 0 bridgehead atoms. The zero-order valence-corrected chi connectivity index (χ0v) is 14.4. The number of hydrogen-bond donors (Lipinski definition) is 2. The number of halogens is 1. The minimum absolute atomic E-state index is 0.187. The minimum Gasteiger partial charge on any atom is -0.324 e. The molecule has 0 saturated carbocycles. The number of nitrogens with one attached hydrogen (secondary N) is 2. The van der Waals surface area contributed by atoms with Gasteiger partial charge in [0.15, 0.2) is 6.04 Å². The van der Waals surface area contributed by atoms with Gasteiger partial charge in [-0.05, 0) is 37.4 Å². The molecule has 3 nitrogen and oxygen atoms in total. The van der Waals surface area contributed by atoms with Crippen LogP contribution in [0.2, 0.25) is 0 Å². The number of rotatable bonds is 6. The summed E-state index contributed by atoms with van der Waals surface area (Å²) in [6.45, 7) is 2.59. The molecule has 2 aromatic carbocycles. The second-order valence-electron chi connectivity index (χ2n) is 5.56. The third-order valence-electron chi connectivity index (χ3n) is 3.91. The van der Waals surface area contributed by atoms with E-state index >= 15 is 0 Å². The quantitative estimate of drug-likeness (QED) is 0.797. The summed E-state index contributed by atoms with van der Waals surface area (Å²) in [5.74, 6) is -0.605. The van der Waals surface area contributed by atoms with E-state index in [9.17, 15) is 9.18 Å². The summed E-state index contributed by atoms with van der Waals surface area (Å²) in [6.07, 6.45) is 2.04. The molecule has 0 aliphatic rings. The van der Waals surface area contributed by atoms with E-state index in [1.807, 2.05) is 20.2 Å². The molecule has 23 heavy (non-hydrogen) atoms. The third kappa shape index (κ3) is 4.81. The Morgan fingerprint density at radius 2 is 1.87 bits per heavy atom. The second kappa shape index (κ2) is 8.13. The molecule has 122 valence electrons. The third-order valence-corrected chi connectivity index (χ3v) is 4.65. The Morgan fingerprint density at radius 3 is 2.48 bits per heavy atom. The fourth-order valence-electron chi connectivity index (χ4n) is 2.25. The van der Waals surface area contributed by atoms with E-state index in [4.69, 9.17) is 0 Å². The molecule has 0 heterocycles. The highest BCUT2D eigenvalue weighted by Gasteiger charge is 2.22. The van der Waals surface area contributed by atoms with Gasteiger partial charge in [0.25, 0.3) is 5.91 Å². The lowest BCUT2D eigenvalue weighted by Crippen LogP contribution is -3.12. The first-order valence-electron chi connectivity index (χ1n) is 7.52. The first kappa shape index (κ1) is 17.5. The van der Waals surface area contributed by atoms with Gasteiger partial charge in [-0.25, -0.2) is 4.39 Å². The Bertz CT molecular complexity index is 660. The van der Waals surface area contributed by atoms with Crippen LogP contribution in [0.3, 0.4) is 0 Å². The Kier molecular flexibility index (Phi) is 6.19. The van der Waals surface area contributed by atoms with E-state index in [0.29, 0.717) is 0 Å². The van der Waals surface area contributed by atoms with E-state index in [1.165, 1.54) is 16.5 Å². The highest BCUT2D eigenvalue weighted by Crippen LogP contribution is 2.14. The molecule has 0 fully saturated rings. The molecule has 0 radical (unpaired) electrons. The van der Waals surface area contributed by atoms with Crippen molar-refractivity contribution in [2.45, 2.75) is 24.4 Å². The van der Waals surface area contributed by atoms with E-state index < -0.39 is 5.82 Å². The molecule has 2 atom stereocenters. The molecular weight excluding hydrogens is 311 g/mol. The van der Waals surface area contributed by atoms with Crippen LogP contribution >= 0.6 is 11.8 Å². The molecule has 0 aromatic heterocycles. The minimum atomic E-state index is -0.418. The summed E-state index contributed by atoms with van der Waals surface area (Å²) in [7, 11) is 1.97. The van der Waals surface area contributed by atoms with Crippen molar-refractivity contribution in [1.29, 1.82) is 0 Å². The smallest absolute Gasteiger partial charge is 0.282 e. The van der Waals surface area contributed by atoms with E-state index in [0.717, 1.165) is 11.4 Å². The first-order valence-corrected chi connectivity index (χ1v) is 8.74. The number of hydrogen-bond acceptors (Lipinski definition) is 2. The molecule has 1 unspecified atom stereocenters. The molecule has 0 aliphatic heterocycles. The summed E-state index contributed by atoms with van der Waals surface area (Å²) in [6, 6.07) is 14.2. The summed E-state index contributed by atoms with van der Waals surface area (Å²) < 4.78 is 13.6. The largest absolute Gasteiger partial charge is 0.324 e. The fourth-order valence-corrected chi connectivity index (χ4v) is 2.65. The van der Waals surface area contributed by atoms with Crippen LogP contribution in [0.1, 0.15) is 12.5 Å². The number of carbonyl (C=O) groups excluding carboxylic acids is 1. The van der Waals surface area contributed by atoms with Crippen LogP contribution in [0.5, 0.6) is 0 Å². The molecule has 5 heteroatoms. The van der Waals surface area contributed by atoms with Crippen LogP contribution in [0.4, 0.5) is 10.1 Å². The van der Waals surface area contributed by atoms with Crippen molar-refractivity contribution in [3.63, 3.8) is 0 Å². The van der Waals surface area contributed by atoms with Gasteiger partial charge in [0.1, 0.15) is 12.4 Å². The van der Waals surface area contributed by atoms with Crippen molar-refractivity contribution in [2.75, 3.05) is 18.6 Å². The molecular formula is C18H22FN2OS+. The monoisotopic (exact) mass is 333 g/mol. The lowest BCUT2D eigenvalue weighted by Gasteiger charge is -2.21. The number of para-hydroxylation sites is 1. The van der Waals surface area contributed by atoms with E-state index in [1.54, 1.807) is 30.0 Å². The number of carbonyl (C=O) groups is 1. The number of thioether (sulfide) groups is 1. The van der Waals surface area contributed by atoms with E-state index in [2.05, 4.69) is 29.6 Å². The maximum absolute atomic E-state index is 13.6. The zero-order chi connectivity index (χ0) is 16.8. The molecule has 1 amide bonds. The van der Waals surface area contributed by atoms with Crippen LogP contribution < -0.4 is 10.2 Å². The maximum Gasteiger partial charge on any atom is 0.282 e. The lowest BCUT2D eigenvalue weighted by molar-refractivity contribution is -0.907. The number of benzene rings is 2. The van der Waals surface area contributed by atoms with Crippen molar-refractivity contribution >= 4 is 23.4 Å². The SMILES string of the molecule is CSc1ccc(C[NH+](C)[C@H](C)C(=O)Nc2ccccc2F)cc1. The normalized spacial score (nSPS) is 13.4. The van der Waals surface area contributed by atoms with Crippen LogP contribution in [0.25, 0.3) is 0 Å². The van der Waals surface area contributed by atoms with Gasteiger partial charge in [-0.2, -0.15) is 0 Å². The van der Waals surface area contributed by atoms with Crippen LogP contribution in [0, 0.1) is 5.82 Å². The van der Waals surface area contributed by atoms with Crippen molar-refractivity contribution < 1.29 is 14.1 Å². The van der Waals surface area contributed by atoms with Gasteiger partial charge in [-0.15, -0.1) is 11.8 Å². The Morgan fingerprint density at radius 1 is 1.22 bits per heavy atom. The number of amides is 1. The van der Waals surface area contributed by atoms with Crippen molar-refractivity contribution in [3.05, 3.63) is 59.9 Å². The standard InChI is InChI=1S/C18H21FN2OS/c1-13(18(22)20-17-7-5-4-6-16(17)19)21(2)12-14-8-10-15(23-3)11-9-14/h4-11,13H,12H2,1-3H3,(H,20,22)/p+1/t13-/m1/s1. The Hall–Kier alpha value is -1.85. The number of quaternary nitrogens is 1. The summed E-state index contributed by atoms with van der Waals surface area (Å²) >= 11 is 1.70. The molecule has 0 aliphatic carbocycles. The molecule has 2 rings (SSSR count). The predicted octanol–water partition coefficient (Wildman–Crippen LogP) is 2.59. The average Bonchev–Trinajstić information content (AvgIpc) is 2.56. The summed E-state index contributed by atoms with van der Waals surface area (Å²) in [5.41, 5.74) is 1.40. The molecule has 0 saturated heterocycles. The number of anilines is 1. The lowest BCUT2D eigenvalue weighted by atomic mass is 10.2. The Balaban J connectivity index is 1.96. The van der Waals surface area contributed by atoms with Gasteiger partial charge in [0, 0.05) is 10.5 Å². The molecule has 0 spiro atoms. The van der Waals surface area contributed by atoms with Crippen LogP contribution in [-0.2, 0) is 11.3 Å². The van der Waals surface area contributed by atoms with Crippen molar-refractivity contribution in [2.24, 2.45) is 0 Å². The van der Waals surface area contributed by atoms with Gasteiger partial charge >= 0.3 is 0 Å². The topological polar surface area (TPSA) is 33.5 Å². The zero-order valence-electron chi connectivity index (χ0n) is 13.6. The average molecular weight is 333 g/mol. The first-order chi connectivity index (χ1) is 11.0. The van der Waals surface area contributed by atoms with Gasteiger partial charge < -0.3 is 10.2 Å². The van der Waals surface area contributed by atoms with E-state index in [-0.39, 0.29) is 17.6 Å².